The van der Waals surface area contributed by atoms with Crippen LogP contribution in [0, 0.1) is 6.38 Å². The number of halogens is 1. The third-order valence-electron chi connectivity index (χ3n) is 1.58. The molecule has 3 heteroatoms. The summed E-state index contributed by atoms with van der Waals surface area (Å²) in [6, 6.07) is 8.56. The van der Waals surface area contributed by atoms with Gasteiger partial charge >= 0.3 is 0 Å². The molecule has 1 unspecified atom stereocenters. The van der Waals surface area contributed by atoms with E-state index in [-0.39, 0.29) is 20.4 Å². The Labute approximate surface area is 102 Å². The van der Waals surface area contributed by atoms with Crippen molar-refractivity contribution >= 4 is 26.1 Å². The topological polar surface area (TPSA) is 0 Å². The van der Waals surface area contributed by atoms with Crippen LogP contribution in [-0.2, 0) is 20.4 Å². The minimum atomic E-state index is 0. The van der Waals surface area contributed by atoms with Crippen molar-refractivity contribution in [3.05, 3.63) is 36.2 Å². The van der Waals surface area contributed by atoms with Crippen LogP contribution in [-0.4, -0.2) is 0 Å². The van der Waals surface area contributed by atoms with Gasteiger partial charge in [0.05, 0.1) is 0 Å². The smallest absolute Gasteiger partial charge is 0 e. The number of benzene rings is 1. The monoisotopic (exact) mass is 307 g/mol. The van der Waals surface area contributed by atoms with E-state index in [0.29, 0.717) is 5.92 Å². The van der Waals surface area contributed by atoms with Gasteiger partial charge in [0.1, 0.15) is 0 Å². The molecule has 1 aromatic rings. The van der Waals surface area contributed by atoms with Crippen LogP contribution < -0.4 is 5.30 Å². The predicted molar refractivity (Wildman–Crippen MR) is 61.1 cm³/mol. The molecule has 1 aromatic carbocycles. The first-order valence-corrected chi connectivity index (χ1v) is 4.93. The van der Waals surface area contributed by atoms with Gasteiger partial charge in [-0.15, -0.1) is 9.24 Å². The van der Waals surface area contributed by atoms with Crippen molar-refractivity contribution < 1.29 is 20.4 Å². The Kier molecular flexibility index (Phi) is 11.3. The average Bonchev–Trinajstić information content (AvgIpc) is 2.08. The van der Waals surface area contributed by atoms with Crippen LogP contribution in [0.25, 0.3) is 0 Å². The van der Waals surface area contributed by atoms with Gasteiger partial charge < -0.3 is 11.6 Å². The molecule has 0 N–H and O–H groups in total. The maximum Gasteiger partial charge on any atom is 0 e. The molecule has 0 aromatic heterocycles. The SMILES string of the molecule is CC(C)c1cccc(P)c1.[CH2-]Cl.[Pd]. The molecule has 0 heterocycles. The van der Waals surface area contributed by atoms with Crippen LogP contribution in [0.4, 0.5) is 0 Å². The molecule has 1 rings (SSSR count). The van der Waals surface area contributed by atoms with E-state index < -0.39 is 0 Å². The first-order valence-electron chi connectivity index (χ1n) is 3.82. The van der Waals surface area contributed by atoms with Gasteiger partial charge in [0.2, 0.25) is 0 Å². The molecule has 13 heavy (non-hydrogen) atoms. The maximum absolute atomic E-state index is 4.39. The first kappa shape index (κ1) is 16.0. The zero-order valence-corrected chi connectivity index (χ0v) is 11.3. The normalized spacial score (nSPS) is 8.46. The van der Waals surface area contributed by atoms with E-state index >= 15 is 0 Å². The largest absolute Gasteiger partial charge is 0.352 e. The molecular weight excluding hydrogens is 293 g/mol. The van der Waals surface area contributed by atoms with Crippen molar-refractivity contribution in [2.24, 2.45) is 0 Å². The molecule has 0 spiro atoms. The summed E-state index contributed by atoms with van der Waals surface area (Å²) in [5.74, 6) is 0.639. The van der Waals surface area contributed by atoms with E-state index in [0.717, 1.165) is 0 Å². The first-order chi connectivity index (χ1) is 5.70. The van der Waals surface area contributed by atoms with Gasteiger partial charge in [-0.1, -0.05) is 38.1 Å². The van der Waals surface area contributed by atoms with Crippen LogP contribution >= 0.6 is 20.8 Å². The summed E-state index contributed by atoms with van der Waals surface area (Å²) in [7, 11) is 2.71. The second-order valence-corrected chi connectivity index (χ2v) is 3.49. The summed E-state index contributed by atoms with van der Waals surface area (Å²) in [6.07, 6.45) is 2.72. The molecule has 0 nitrogen and oxygen atoms in total. The van der Waals surface area contributed by atoms with Gasteiger partial charge in [-0.05, 0) is 16.8 Å². The minimum absolute atomic E-state index is 0. The molecule has 0 bridgehead atoms. The third kappa shape index (κ3) is 6.64. The summed E-state index contributed by atoms with van der Waals surface area (Å²) >= 11 is 4.39. The molecule has 78 valence electrons. The zero-order valence-electron chi connectivity index (χ0n) is 7.87. The summed E-state index contributed by atoms with van der Waals surface area (Å²) in [4.78, 5) is 0. The van der Waals surface area contributed by atoms with Crippen LogP contribution in [0.15, 0.2) is 24.3 Å². The Morgan fingerprint density at radius 3 is 2.15 bits per heavy atom. The summed E-state index contributed by atoms with van der Waals surface area (Å²) in [5, 5.41) is 1.27. The minimum Gasteiger partial charge on any atom is -0.352 e. The molecular formula is C10H15ClPPd-. The van der Waals surface area contributed by atoms with Crippen molar-refractivity contribution in [2.75, 3.05) is 0 Å². The molecule has 1 atom stereocenters. The fourth-order valence-corrected chi connectivity index (χ4v) is 1.22. The predicted octanol–water partition coefficient (Wildman–Crippen LogP) is 3.32. The number of rotatable bonds is 1. The van der Waals surface area contributed by atoms with Crippen LogP contribution in [0.3, 0.4) is 0 Å². The Balaban J connectivity index is 0. The fraction of sp³-hybridized carbons (Fsp3) is 0.300. The zero-order chi connectivity index (χ0) is 9.56. The standard InChI is InChI=1S/C9H13P.CH2Cl.Pd/c1-7(2)8-4-3-5-9(10)6-8;1-2;/h3-7H,10H2,1-2H3;1H2;/q;-1;. The molecule has 0 saturated carbocycles. The molecule has 0 aliphatic rings. The van der Waals surface area contributed by atoms with Crippen LogP contribution in [0.5, 0.6) is 0 Å². The van der Waals surface area contributed by atoms with Crippen molar-refractivity contribution in [3.63, 3.8) is 0 Å². The van der Waals surface area contributed by atoms with Crippen LogP contribution in [0.2, 0.25) is 0 Å². The summed E-state index contributed by atoms with van der Waals surface area (Å²) < 4.78 is 0. The Morgan fingerprint density at radius 1 is 1.31 bits per heavy atom. The van der Waals surface area contributed by atoms with Crippen molar-refractivity contribution in [1.29, 1.82) is 0 Å². The van der Waals surface area contributed by atoms with Crippen molar-refractivity contribution in [1.82, 2.24) is 0 Å². The maximum atomic E-state index is 4.39. The van der Waals surface area contributed by atoms with Gasteiger partial charge in [0, 0.05) is 20.4 Å². The average molecular weight is 308 g/mol. The number of hydrogen-bond acceptors (Lipinski definition) is 0. The Hall–Kier alpha value is 0.602. The van der Waals surface area contributed by atoms with E-state index in [9.17, 15) is 0 Å². The molecule has 0 aliphatic carbocycles. The van der Waals surface area contributed by atoms with Gasteiger partial charge in [0.15, 0.2) is 0 Å². The third-order valence-corrected chi connectivity index (χ3v) is 1.94. The van der Waals surface area contributed by atoms with Crippen molar-refractivity contribution in [2.45, 2.75) is 19.8 Å². The molecule has 0 saturated heterocycles. The molecule has 0 amide bonds. The van der Waals surface area contributed by atoms with Gasteiger partial charge in [0.25, 0.3) is 0 Å². The second-order valence-electron chi connectivity index (χ2n) is 2.82. The second kappa shape index (κ2) is 9.17. The Bertz CT molecular complexity index is 226. The number of hydrogen-bond donors (Lipinski definition) is 0. The van der Waals surface area contributed by atoms with Gasteiger partial charge in [-0.25, -0.2) is 0 Å². The van der Waals surface area contributed by atoms with E-state index in [4.69, 9.17) is 0 Å². The van der Waals surface area contributed by atoms with Crippen LogP contribution in [0.1, 0.15) is 25.3 Å². The Morgan fingerprint density at radius 2 is 1.85 bits per heavy atom. The molecule has 0 radical (unpaired) electrons. The van der Waals surface area contributed by atoms with E-state index in [1.54, 1.807) is 0 Å². The molecule has 0 aliphatic heterocycles. The summed E-state index contributed by atoms with van der Waals surface area (Å²) in [5.41, 5.74) is 1.41. The van der Waals surface area contributed by atoms with Gasteiger partial charge in [-0.3, -0.25) is 6.38 Å². The van der Waals surface area contributed by atoms with E-state index in [1.807, 2.05) is 0 Å². The summed E-state index contributed by atoms with van der Waals surface area (Å²) in [6.45, 7) is 4.42. The fourth-order valence-electron chi connectivity index (χ4n) is 0.918. The van der Waals surface area contributed by atoms with Crippen molar-refractivity contribution in [3.8, 4) is 0 Å². The molecule has 0 fully saturated rings. The quantitative estimate of drug-likeness (QED) is 0.424. The van der Waals surface area contributed by atoms with E-state index in [2.05, 4.69) is 65.3 Å². The van der Waals surface area contributed by atoms with Gasteiger partial charge in [-0.2, -0.15) is 0 Å². The van der Waals surface area contributed by atoms with E-state index in [1.165, 1.54) is 10.9 Å².